The number of hydrogen-bond donors (Lipinski definition) is 0. The predicted molar refractivity (Wildman–Crippen MR) is 45.0 cm³/mol. The fraction of sp³-hybridized carbons (Fsp3) is 0.778. The SMILES string of the molecule is [CH2-]CCC[C@H]1CCC(=O)N1C.[Y]. The second-order valence-corrected chi connectivity index (χ2v) is 3.19. The van der Waals surface area contributed by atoms with Gasteiger partial charge in [-0.1, -0.05) is 6.42 Å². The van der Waals surface area contributed by atoms with E-state index in [1.165, 1.54) is 0 Å². The molecule has 67 valence electrons. The van der Waals surface area contributed by atoms with E-state index in [0.29, 0.717) is 11.9 Å². The summed E-state index contributed by atoms with van der Waals surface area (Å²) in [5, 5.41) is 0. The Kier molecular flexibility index (Phi) is 6.38. The third-order valence-electron chi connectivity index (χ3n) is 2.42. The molecule has 1 amide bonds. The van der Waals surface area contributed by atoms with Crippen molar-refractivity contribution in [2.24, 2.45) is 0 Å². The van der Waals surface area contributed by atoms with Gasteiger partial charge in [0.25, 0.3) is 0 Å². The third kappa shape index (κ3) is 3.14. The van der Waals surface area contributed by atoms with E-state index in [1.807, 2.05) is 11.9 Å². The molecule has 12 heavy (non-hydrogen) atoms. The molecule has 0 aliphatic carbocycles. The molecule has 1 radical (unpaired) electrons. The summed E-state index contributed by atoms with van der Waals surface area (Å²) in [6.07, 6.45) is 5.06. The van der Waals surface area contributed by atoms with Crippen molar-refractivity contribution in [3.05, 3.63) is 6.92 Å². The largest absolute Gasteiger partial charge is 0.343 e. The van der Waals surface area contributed by atoms with Crippen LogP contribution in [0.5, 0.6) is 0 Å². The number of unbranched alkanes of at least 4 members (excludes halogenated alkanes) is 1. The predicted octanol–water partition coefficient (Wildman–Crippen LogP) is 1.61. The second-order valence-electron chi connectivity index (χ2n) is 3.19. The minimum Gasteiger partial charge on any atom is -0.343 e. The molecule has 0 spiro atoms. The van der Waals surface area contributed by atoms with Crippen molar-refractivity contribution in [1.29, 1.82) is 0 Å². The zero-order chi connectivity index (χ0) is 8.27. The van der Waals surface area contributed by atoms with Crippen molar-refractivity contribution in [3.63, 3.8) is 0 Å². The van der Waals surface area contributed by atoms with Crippen LogP contribution in [0.1, 0.15) is 32.1 Å². The van der Waals surface area contributed by atoms with Gasteiger partial charge < -0.3 is 11.8 Å². The van der Waals surface area contributed by atoms with Gasteiger partial charge in [-0.2, -0.15) is 6.42 Å². The van der Waals surface area contributed by atoms with Gasteiger partial charge in [0.15, 0.2) is 0 Å². The van der Waals surface area contributed by atoms with E-state index in [9.17, 15) is 4.79 Å². The zero-order valence-corrected chi connectivity index (χ0v) is 10.6. The van der Waals surface area contributed by atoms with Gasteiger partial charge in [-0.05, 0) is 12.8 Å². The van der Waals surface area contributed by atoms with Gasteiger partial charge in [-0.3, -0.25) is 4.79 Å². The minimum atomic E-state index is 0. The first kappa shape index (κ1) is 12.6. The molecule has 0 saturated carbocycles. The van der Waals surface area contributed by atoms with Gasteiger partial charge in [-0.15, -0.1) is 0 Å². The average molecular weight is 243 g/mol. The number of nitrogens with zero attached hydrogens (tertiary/aromatic N) is 1. The summed E-state index contributed by atoms with van der Waals surface area (Å²) in [5.74, 6) is 0.305. The molecule has 0 aromatic heterocycles. The molecule has 0 bridgehead atoms. The molecule has 1 atom stereocenters. The zero-order valence-electron chi connectivity index (χ0n) is 7.75. The van der Waals surface area contributed by atoms with Crippen LogP contribution in [-0.2, 0) is 37.5 Å². The topological polar surface area (TPSA) is 20.3 Å². The summed E-state index contributed by atoms with van der Waals surface area (Å²) in [6, 6.07) is 0.504. The van der Waals surface area contributed by atoms with Crippen molar-refractivity contribution < 1.29 is 37.5 Å². The maximum Gasteiger partial charge on any atom is 0.222 e. The molecule has 1 heterocycles. The molecule has 1 rings (SSSR count). The van der Waals surface area contributed by atoms with Crippen molar-refractivity contribution in [3.8, 4) is 0 Å². The van der Waals surface area contributed by atoms with Crippen LogP contribution in [0, 0.1) is 6.92 Å². The molecule has 3 heteroatoms. The Morgan fingerprint density at radius 1 is 1.67 bits per heavy atom. The maximum atomic E-state index is 11.1. The standard InChI is InChI=1S/C9H16NO.Y/c1-3-4-5-8-6-7-9(11)10(8)2;/h8H,1,3-7H2,2H3;/q-1;/t8-;/m0./s1. The van der Waals surface area contributed by atoms with Gasteiger partial charge in [-0.25, -0.2) is 0 Å². The summed E-state index contributed by atoms with van der Waals surface area (Å²) in [4.78, 5) is 12.9. The molecule has 1 fully saturated rings. The van der Waals surface area contributed by atoms with Gasteiger partial charge in [0.2, 0.25) is 5.91 Å². The third-order valence-corrected chi connectivity index (χ3v) is 2.42. The van der Waals surface area contributed by atoms with E-state index in [1.54, 1.807) is 0 Å². The Balaban J connectivity index is 0.00000121. The number of carbonyl (C=O) groups excluding carboxylic acids is 1. The first-order chi connectivity index (χ1) is 5.25. The van der Waals surface area contributed by atoms with E-state index in [4.69, 9.17) is 0 Å². The van der Waals surface area contributed by atoms with Crippen molar-refractivity contribution >= 4 is 5.91 Å². The Morgan fingerprint density at radius 3 is 2.75 bits per heavy atom. The van der Waals surface area contributed by atoms with E-state index in [0.717, 1.165) is 32.1 Å². The molecule has 1 aliphatic heterocycles. The molecule has 0 aromatic carbocycles. The van der Waals surface area contributed by atoms with E-state index in [-0.39, 0.29) is 32.7 Å². The smallest absolute Gasteiger partial charge is 0.222 e. The van der Waals surface area contributed by atoms with Crippen molar-refractivity contribution in [1.82, 2.24) is 4.90 Å². The van der Waals surface area contributed by atoms with E-state index in [2.05, 4.69) is 6.92 Å². The number of amides is 1. The van der Waals surface area contributed by atoms with Crippen LogP contribution in [0.25, 0.3) is 0 Å². The molecule has 2 nitrogen and oxygen atoms in total. The Bertz CT molecular complexity index is 149. The van der Waals surface area contributed by atoms with E-state index >= 15 is 0 Å². The monoisotopic (exact) mass is 243 g/mol. The molecule has 1 aliphatic rings. The normalized spacial score (nSPS) is 22.7. The number of carbonyl (C=O) groups is 1. The molecular formula is C9H16NOY-. The first-order valence-corrected chi connectivity index (χ1v) is 4.30. The molecule has 0 aromatic rings. The van der Waals surface area contributed by atoms with Gasteiger partial charge >= 0.3 is 0 Å². The van der Waals surface area contributed by atoms with Crippen LogP contribution in [0.2, 0.25) is 0 Å². The second kappa shape index (κ2) is 6.09. The first-order valence-electron chi connectivity index (χ1n) is 4.30. The summed E-state index contributed by atoms with van der Waals surface area (Å²) >= 11 is 0. The van der Waals surface area contributed by atoms with Crippen molar-refractivity contribution in [2.75, 3.05) is 7.05 Å². The van der Waals surface area contributed by atoms with Crippen molar-refractivity contribution in [2.45, 2.75) is 38.1 Å². The summed E-state index contributed by atoms with van der Waals surface area (Å²) in [5.41, 5.74) is 0. The summed E-state index contributed by atoms with van der Waals surface area (Å²) < 4.78 is 0. The van der Waals surface area contributed by atoms with Crippen LogP contribution in [0.3, 0.4) is 0 Å². The molecule has 0 unspecified atom stereocenters. The van der Waals surface area contributed by atoms with Crippen LogP contribution in [0.4, 0.5) is 0 Å². The Morgan fingerprint density at radius 2 is 2.33 bits per heavy atom. The number of rotatable bonds is 3. The summed E-state index contributed by atoms with van der Waals surface area (Å²) in [6.45, 7) is 3.79. The number of hydrogen-bond acceptors (Lipinski definition) is 1. The molecular weight excluding hydrogens is 227 g/mol. The Labute approximate surface area is 100.0 Å². The van der Waals surface area contributed by atoms with Crippen LogP contribution >= 0.6 is 0 Å². The summed E-state index contributed by atoms with van der Waals surface area (Å²) in [7, 11) is 1.91. The van der Waals surface area contributed by atoms with E-state index < -0.39 is 0 Å². The van der Waals surface area contributed by atoms with Gasteiger partial charge in [0.05, 0.1) is 0 Å². The van der Waals surface area contributed by atoms with Crippen LogP contribution in [0.15, 0.2) is 0 Å². The number of likely N-dealkylation sites (tertiary alicyclic amines) is 1. The quantitative estimate of drug-likeness (QED) is 0.689. The van der Waals surface area contributed by atoms with Gasteiger partial charge in [0.1, 0.15) is 0 Å². The van der Waals surface area contributed by atoms with Gasteiger partial charge in [0, 0.05) is 52.2 Å². The minimum absolute atomic E-state index is 0. The average Bonchev–Trinajstić information content (AvgIpc) is 2.31. The fourth-order valence-corrected chi connectivity index (χ4v) is 1.58. The molecule has 0 N–H and O–H groups in total. The maximum absolute atomic E-state index is 11.1. The fourth-order valence-electron chi connectivity index (χ4n) is 1.58. The van der Waals surface area contributed by atoms with Crippen LogP contribution < -0.4 is 0 Å². The molecule has 1 saturated heterocycles. The van der Waals surface area contributed by atoms with Crippen LogP contribution in [-0.4, -0.2) is 23.9 Å². The Hall–Kier alpha value is 0.574.